The Bertz CT molecular complexity index is 1140. The average Bonchev–Trinajstić information content (AvgIpc) is 3.45. The molecule has 0 amide bonds. The molecule has 0 spiro atoms. The van der Waals surface area contributed by atoms with Crippen LogP contribution in [0.3, 0.4) is 0 Å². The van der Waals surface area contributed by atoms with Gasteiger partial charge in [0.2, 0.25) is 6.54 Å². The summed E-state index contributed by atoms with van der Waals surface area (Å²) in [5, 5.41) is 0.241. The van der Waals surface area contributed by atoms with E-state index in [-0.39, 0.29) is 11.4 Å². The van der Waals surface area contributed by atoms with Crippen molar-refractivity contribution in [2.75, 3.05) is 37.6 Å². The van der Waals surface area contributed by atoms with Gasteiger partial charge >= 0.3 is 5.69 Å². The summed E-state index contributed by atoms with van der Waals surface area (Å²) in [7, 11) is 0. The Balaban J connectivity index is 1.69. The summed E-state index contributed by atoms with van der Waals surface area (Å²) >= 11 is 0. The minimum atomic E-state index is -0.531. The molecule has 2 heterocycles. The van der Waals surface area contributed by atoms with Gasteiger partial charge in [0, 0.05) is 30.7 Å². The largest absolute Gasteiger partial charge is 0.369 e. The fourth-order valence-electron chi connectivity index (χ4n) is 5.15. The third-order valence-electron chi connectivity index (χ3n) is 7.00. The first kappa shape index (κ1) is 21.6. The number of nitrogens with zero attached hydrogens (tertiary/aromatic N) is 4. The molecule has 31 heavy (non-hydrogen) atoms. The molecule has 8 heteroatoms. The van der Waals surface area contributed by atoms with Crippen molar-refractivity contribution in [3.63, 3.8) is 0 Å². The van der Waals surface area contributed by atoms with E-state index in [9.17, 15) is 9.59 Å². The van der Waals surface area contributed by atoms with E-state index in [1.54, 1.807) is 4.57 Å². The number of rotatable bonds is 7. The summed E-state index contributed by atoms with van der Waals surface area (Å²) in [5.74, 6) is -0.0462. The van der Waals surface area contributed by atoms with E-state index < -0.39 is 17.1 Å². The number of aromatic amines is 1. The van der Waals surface area contributed by atoms with Crippen molar-refractivity contribution < 1.29 is 4.39 Å². The van der Waals surface area contributed by atoms with Crippen LogP contribution in [0.2, 0.25) is 0 Å². The Morgan fingerprint density at radius 2 is 2.10 bits per heavy atom. The second-order valence-electron chi connectivity index (χ2n) is 8.83. The van der Waals surface area contributed by atoms with Crippen LogP contribution in [0.1, 0.15) is 44.7 Å². The van der Waals surface area contributed by atoms with Crippen LogP contribution in [-0.4, -0.2) is 53.2 Å². The highest BCUT2D eigenvalue weighted by Gasteiger charge is 2.34. The van der Waals surface area contributed by atoms with Crippen molar-refractivity contribution in [2.45, 2.75) is 52.1 Å². The summed E-state index contributed by atoms with van der Waals surface area (Å²) < 4.78 is 16.9. The Hall–Kier alpha value is -2.66. The van der Waals surface area contributed by atoms with Gasteiger partial charge in [0.15, 0.2) is 0 Å². The van der Waals surface area contributed by atoms with Gasteiger partial charge < -0.3 is 9.74 Å². The van der Waals surface area contributed by atoms with Crippen LogP contribution in [0.4, 0.5) is 10.1 Å². The fourth-order valence-corrected chi connectivity index (χ4v) is 5.15. The number of halogens is 1. The van der Waals surface area contributed by atoms with Gasteiger partial charge in [-0.15, -0.1) is 0 Å². The molecule has 2 aliphatic rings. The number of aromatic nitrogens is 2. The zero-order chi connectivity index (χ0) is 22.3. The van der Waals surface area contributed by atoms with Gasteiger partial charge in [0.1, 0.15) is 5.82 Å². The van der Waals surface area contributed by atoms with E-state index in [1.807, 2.05) is 6.92 Å². The van der Waals surface area contributed by atoms with E-state index in [2.05, 4.69) is 33.5 Å². The molecular weight excluding hydrogens is 397 g/mol. The molecule has 2 atom stereocenters. The van der Waals surface area contributed by atoms with Gasteiger partial charge in [0.25, 0.3) is 5.56 Å². The Morgan fingerprint density at radius 3 is 2.74 bits per heavy atom. The van der Waals surface area contributed by atoms with Crippen LogP contribution >= 0.6 is 0 Å². The lowest BCUT2D eigenvalue weighted by Gasteiger charge is -2.31. The fraction of sp³-hybridized carbons (Fsp3) is 0.609. The second-order valence-corrected chi connectivity index (χ2v) is 8.83. The van der Waals surface area contributed by atoms with Gasteiger partial charge in [-0.3, -0.25) is 19.2 Å². The zero-order valence-corrected chi connectivity index (χ0v) is 18.4. The lowest BCUT2D eigenvalue weighted by atomic mass is 9.99. The Labute approximate surface area is 181 Å². The van der Waals surface area contributed by atoms with Crippen LogP contribution < -0.4 is 16.1 Å². The van der Waals surface area contributed by atoms with Gasteiger partial charge in [-0.2, -0.15) is 0 Å². The van der Waals surface area contributed by atoms with Crippen molar-refractivity contribution in [1.29, 1.82) is 0 Å². The summed E-state index contributed by atoms with van der Waals surface area (Å²) in [6, 6.07) is 1.67. The number of likely N-dealkylation sites (N-methyl/N-ethyl adjacent to an activating group) is 1. The first-order chi connectivity index (χ1) is 14.9. The molecule has 166 valence electrons. The van der Waals surface area contributed by atoms with Crippen LogP contribution in [0.5, 0.6) is 0 Å². The van der Waals surface area contributed by atoms with Crippen LogP contribution in [-0.2, 0) is 0 Å². The summed E-state index contributed by atoms with van der Waals surface area (Å²) in [4.78, 5) is 35.1. The number of hydrogen-bond acceptors (Lipinski definition) is 4. The van der Waals surface area contributed by atoms with Crippen molar-refractivity contribution in [3.8, 4) is 0 Å². The highest BCUT2D eigenvalue weighted by molar-refractivity contribution is 5.87. The summed E-state index contributed by atoms with van der Waals surface area (Å²) in [6.07, 6.45) is 2.74. The molecule has 1 N–H and O–H groups in total. The average molecular weight is 428 g/mol. The number of H-pyrrole nitrogens is 1. The maximum atomic E-state index is 15.3. The normalized spacial score (nSPS) is 19.9. The first-order valence-corrected chi connectivity index (χ1v) is 11.2. The standard InChI is InChI=1S/C23H30FN5O2/c1-5-27(11-9-25-4)15(3)16-8-10-28(13-16)21-14(2)20-18(12-19(21)24)22(30)26-23(31)29(20)17-6-7-17/h12,15-17H,5-11,13H2,1-3H3,(H,26,30,31). The van der Waals surface area contributed by atoms with Crippen LogP contribution in [0.25, 0.3) is 15.7 Å². The lowest BCUT2D eigenvalue weighted by Crippen LogP contribution is -2.41. The first-order valence-electron chi connectivity index (χ1n) is 11.2. The molecule has 4 rings (SSSR count). The molecule has 1 saturated carbocycles. The third-order valence-corrected chi connectivity index (χ3v) is 7.00. The SMILES string of the molecule is [C-]#[N+]CCN(CC)C(C)C1CCN(c2c(F)cc3c(=O)[nH]c(=O)n(C4CC4)c3c2C)C1. The molecule has 1 aliphatic heterocycles. The van der Waals surface area contributed by atoms with Crippen molar-refractivity contribution in [1.82, 2.24) is 14.5 Å². The van der Waals surface area contributed by atoms with E-state index in [0.29, 0.717) is 35.3 Å². The van der Waals surface area contributed by atoms with Crippen LogP contribution in [0, 0.1) is 25.2 Å². The minimum Gasteiger partial charge on any atom is -0.369 e. The zero-order valence-electron chi connectivity index (χ0n) is 18.4. The molecule has 0 radical (unpaired) electrons. The molecular formula is C23H30FN5O2. The summed E-state index contributed by atoms with van der Waals surface area (Å²) in [5.41, 5.74) is 0.796. The molecule has 1 saturated heterocycles. The summed E-state index contributed by atoms with van der Waals surface area (Å²) in [6.45, 7) is 16.7. The van der Waals surface area contributed by atoms with Gasteiger partial charge in [0.05, 0.1) is 23.1 Å². The van der Waals surface area contributed by atoms with E-state index >= 15 is 4.39 Å². The maximum absolute atomic E-state index is 15.3. The monoisotopic (exact) mass is 427 g/mol. The van der Waals surface area contributed by atoms with Crippen molar-refractivity contribution in [3.05, 3.63) is 49.7 Å². The van der Waals surface area contributed by atoms with Crippen molar-refractivity contribution in [2.24, 2.45) is 5.92 Å². The number of benzene rings is 1. The van der Waals surface area contributed by atoms with E-state index in [4.69, 9.17) is 6.57 Å². The Morgan fingerprint density at radius 1 is 1.35 bits per heavy atom. The molecule has 7 nitrogen and oxygen atoms in total. The number of fused-ring (bicyclic) bond motifs is 1. The van der Waals surface area contributed by atoms with Gasteiger partial charge in [-0.05, 0) is 51.6 Å². The maximum Gasteiger partial charge on any atom is 0.329 e. The number of nitrogens with one attached hydrogen (secondary N) is 1. The topological polar surface area (TPSA) is 65.7 Å². The highest BCUT2D eigenvalue weighted by Crippen LogP contribution is 2.39. The number of aryl methyl sites for hydroxylation is 1. The quantitative estimate of drug-likeness (QED) is 0.690. The number of hydrogen-bond donors (Lipinski definition) is 1. The van der Waals surface area contributed by atoms with Gasteiger partial charge in [-0.25, -0.2) is 15.8 Å². The number of anilines is 1. The van der Waals surface area contributed by atoms with E-state index in [0.717, 1.165) is 45.4 Å². The molecule has 1 aromatic heterocycles. The third kappa shape index (κ3) is 3.87. The van der Waals surface area contributed by atoms with Gasteiger partial charge in [-0.1, -0.05) is 6.92 Å². The second kappa shape index (κ2) is 8.46. The molecule has 1 aromatic carbocycles. The highest BCUT2D eigenvalue weighted by atomic mass is 19.1. The Kier molecular flexibility index (Phi) is 5.89. The molecule has 0 bridgehead atoms. The smallest absolute Gasteiger partial charge is 0.329 e. The molecule has 2 unspecified atom stereocenters. The molecule has 1 aliphatic carbocycles. The molecule has 2 aromatic rings. The van der Waals surface area contributed by atoms with Crippen molar-refractivity contribution >= 4 is 16.6 Å². The minimum absolute atomic E-state index is 0.0794. The predicted octanol–water partition coefficient (Wildman–Crippen LogP) is 2.93. The molecule has 2 fully saturated rings. The van der Waals surface area contributed by atoms with E-state index in [1.165, 1.54) is 6.07 Å². The lowest BCUT2D eigenvalue weighted by molar-refractivity contribution is 0.177. The predicted molar refractivity (Wildman–Crippen MR) is 120 cm³/mol. The van der Waals surface area contributed by atoms with Crippen LogP contribution in [0.15, 0.2) is 15.7 Å².